The standard InChI is InChI=1S/C21H19Cl2N3O2S/c1-3-26(11-18(27)25-19-15(22)5-4-6-16(19)23)21(28)17-12-29-20(24-17)14-9-7-13(2)8-10-14/h4-10,12H,3,11H2,1-2H3,(H,25,27). The maximum Gasteiger partial charge on any atom is 0.273 e. The van der Waals surface area contributed by atoms with Crippen LogP contribution in [0.2, 0.25) is 10.0 Å². The van der Waals surface area contributed by atoms with E-state index in [1.807, 2.05) is 31.2 Å². The van der Waals surface area contributed by atoms with Crippen LogP contribution in [0.3, 0.4) is 0 Å². The molecule has 0 saturated heterocycles. The zero-order valence-corrected chi connectivity index (χ0v) is 18.2. The number of anilines is 1. The number of amides is 2. The van der Waals surface area contributed by atoms with Gasteiger partial charge < -0.3 is 10.2 Å². The highest BCUT2D eigenvalue weighted by Gasteiger charge is 2.21. The molecule has 0 bridgehead atoms. The number of para-hydroxylation sites is 1. The van der Waals surface area contributed by atoms with Crippen molar-refractivity contribution in [2.75, 3.05) is 18.4 Å². The van der Waals surface area contributed by atoms with Crippen LogP contribution < -0.4 is 5.32 Å². The number of likely N-dealkylation sites (N-methyl/N-ethyl adjacent to an activating group) is 1. The lowest BCUT2D eigenvalue weighted by atomic mass is 10.2. The monoisotopic (exact) mass is 447 g/mol. The molecule has 1 heterocycles. The van der Waals surface area contributed by atoms with Gasteiger partial charge in [0.05, 0.1) is 15.7 Å². The molecule has 2 aromatic carbocycles. The Morgan fingerprint density at radius 1 is 1.10 bits per heavy atom. The van der Waals surface area contributed by atoms with Gasteiger partial charge in [0.1, 0.15) is 17.2 Å². The van der Waals surface area contributed by atoms with Gasteiger partial charge in [0.25, 0.3) is 5.91 Å². The molecule has 3 aromatic rings. The van der Waals surface area contributed by atoms with Crippen LogP contribution in [0.5, 0.6) is 0 Å². The first-order valence-corrected chi connectivity index (χ1v) is 10.6. The molecule has 0 spiro atoms. The fourth-order valence-corrected chi connectivity index (χ4v) is 3.95. The number of nitrogens with one attached hydrogen (secondary N) is 1. The van der Waals surface area contributed by atoms with Crippen LogP contribution in [0.15, 0.2) is 47.8 Å². The third-order valence-corrected chi connectivity index (χ3v) is 5.77. The number of hydrogen-bond acceptors (Lipinski definition) is 4. The van der Waals surface area contributed by atoms with Crippen LogP contribution in [0.25, 0.3) is 10.6 Å². The first-order chi connectivity index (χ1) is 13.9. The van der Waals surface area contributed by atoms with Crippen molar-refractivity contribution in [3.8, 4) is 10.6 Å². The summed E-state index contributed by atoms with van der Waals surface area (Å²) in [5, 5.41) is 5.81. The smallest absolute Gasteiger partial charge is 0.273 e. The van der Waals surface area contributed by atoms with Crippen LogP contribution in [-0.2, 0) is 4.79 Å². The molecule has 0 aliphatic rings. The molecule has 150 valence electrons. The molecule has 3 rings (SSSR count). The van der Waals surface area contributed by atoms with Crippen molar-refractivity contribution in [3.63, 3.8) is 0 Å². The van der Waals surface area contributed by atoms with Crippen LogP contribution in [0.1, 0.15) is 23.0 Å². The Morgan fingerprint density at radius 2 is 1.76 bits per heavy atom. The van der Waals surface area contributed by atoms with E-state index < -0.39 is 0 Å². The van der Waals surface area contributed by atoms with E-state index in [0.717, 1.165) is 16.1 Å². The van der Waals surface area contributed by atoms with Gasteiger partial charge in [0.2, 0.25) is 5.91 Å². The Balaban J connectivity index is 1.70. The lowest BCUT2D eigenvalue weighted by Crippen LogP contribution is -2.38. The normalized spacial score (nSPS) is 10.6. The summed E-state index contributed by atoms with van der Waals surface area (Å²) in [5.74, 6) is -0.688. The Kier molecular flexibility index (Phi) is 6.90. The minimum Gasteiger partial charge on any atom is -0.328 e. The molecule has 0 radical (unpaired) electrons. The number of thiazole rings is 1. The zero-order chi connectivity index (χ0) is 21.0. The summed E-state index contributed by atoms with van der Waals surface area (Å²) in [7, 11) is 0. The van der Waals surface area contributed by atoms with Gasteiger partial charge in [0, 0.05) is 17.5 Å². The summed E-state index contributed by atoms with van der Waals surface area (Å²) in [4.78, 5) is 31.2. The number of rotatable bonds is 6. The van der Waals surface area contributed by atoms with Gasteiger partial charge in [-0.15, -0.1) is 11.3 Å². The van der Waals surface area contributed by atoms with E-state index in [-0.39, 0.29) is 18.4 Å². The Hall–Kier alpha value is -2.41. The first-order valence-electron chi connectivity index (χ1n) is 8.94. The largest absolute Gasteiger partial charge is 0.328 e. The first kappa shape index (κ1) is 21.3. The van der Waals surface area contributed by atoms with E-state index in [1.165, 1.54) is 16.2 Å². The fraction of sp³-hybridized carbons (Fsp3) is 0.190. The van der Waals surface area contributed by atoms with Crippen LogP contribution in [-0.4, -0.2) is 34.8 Å². The SMILES string of the molecule is CCN(CC(=O)Nc1c(Cl)cccc1Cl)C(=O)c1csc(-c2ccc(C)cc2)n1. The Labute approximate surface area is 183 Å². The minimum absolute atomic E-state index is 0.131. The molecule has 0 saturated carbocycles. The summed E-state index contributed by atoms with van der Waals surface area (Å²) in [5.41, 5.74) is 2.76. The minimum atomic E-state index is -0.385. The lowest BCUT2D eigenvalue weighted by molar-refractivity contribution is -0.116. The number of aryl methyl sites for hydroxylation is 1. The van der Waals surface area contributed by atoms with Gasteiger partial charge in [0.15, 0.2) is 0 Å². The number of benzene rings is 2. The topological polar surface area (TPSA) is 62.3 Å². The summed E-state index contributed by atoms with van der Waals surface area (Å²) in [6.07, 6.45) is 0. The lowest BCUT2D eigenvalue weighted by Gasteiger charge is -2.19. The van der Waals surface area contributed by atoms with Crippen LogP contribution in [0.4, 0.5) is 5.69 Å². The highest BCUT2D eigenvalue weighted by molar-refractivity contribution is 7.13. The van der Waals surface area contributed by atoms with Gasteiger partial charge >= 0.3 is 0 Å². The van der Waals surface area contributed by atoms with E-state index in [9.17, 15) is 9.59 Å². The molecule has 2 amide bonds. The third kappa shape index (κ3) is 5.15. The maximum atomic E-state index is 12.8. The highest BCUT2D eigenvalue weighted by atomic mass is 35.5. The van der Waals surface area contributed by atoms with E-state index in [2.05, 4.69) is 10.3 Å². The fourth-order valence-electron chi connectivity index (χ4n) is 2.66. The maximum absolute atomic E-state index is 12.8. The summed E-state index contributed by atoms with van der Waals surface area (Å²) in [6, 6.07) is 12.9. The van der Waals surface area contributed by atoms with Gasteiger partial charge in [-0.2, -0.15) is 0 Å². The van der Waals surface area contributed by atoms with Crippen molar-refractivity contribution in [1.82, 2.24) is 9.88 Å². The van der Waals surface area contributed by atoms with Crippen LogP contribution in [0, 0.1) is 6.92 Å². The molecule has 0 atom stereocenters. The average Bonchev–Trinajstić information content (AvgIpc) is 3.19. The number of halogens is 2. The molecule has 29 heavy (non-hydrogen) atoms. The Bertz CT molecular complexity index is 1010. The van der Waals surface area contributed by atoms with Crippen molar-refractivity contribution in [2.24, 2.45) is 0 Å². The molecule has 0 unspecified atom stereocenters. The van der Waals surface area contributed by atoms with Gasteiger partial charge in [-0.3, -0.25) is 9.59 Å². The quantitative estimate of drug-likeness (QED) is 0.540. The van der Waals surface area contributed by atoms with E-state index >= 15 is 0 Å². The summed E-state index contributed by atoms with van der Waals surface area (Å²) < 4.78 is 0. The molecule has 1 N–H and O–H groups in total. The van der Waals surface area contributed by atoms with Gasteiger partial charge in [-0.05, 0) is 26.0 Å². The molecular weight excluding hydrogens is 429 g/mol. The van der Waals surface area contributed by atoms with Gasteiger partial charge in [-0.25, -0.2) is 4.98 Å². The summed E-state index contributed by atoms with van der Waals surface area (Å²) in [6.45, 7) is 4.05. The molecule has 1 aromatic heterocycles. The number of aromatic nitrogens is 1. The third-order valence-electron chi connectivity index (χ3n) is 4.25. The molecule has 8 heteroatoms. The predicted molar refractivity (Wildman–Crippen MR) is 119 cm³/mol. The van der Waals surface area contributed by atoms with E-state index in [1.54, 1.807) is 30.5 Å². The van der Waals surface area contributed by atoms with Crippen molar-refractivity contribution < 1.29 is 9.59 Å². The van der Waals surface area contributed by atoms with Crippen molar-refractivity contribution >= 4 is 52.0 Å². The van der Waals surface area contributed by atoms with Gasteiger partial charge in [-0.1, -0.05) is 59.1 Å². The molecule has 0 aliphatic carbocycles. The second-order valence-electron chi connectivity index (χ2n) is 6.37. The van der Waals surface area contributed by atoms with Crippen molar-refractivity contribution in [1.29, 1.82) is 0 Å². The molecule has 5 nitrogen and oxygen atoms in total. The number of hydrogen-bond donors (Lipinski definition) is 1. The molecular formula is C21H19Cl2N3O2S. The van der Waals surface area contributed by atoms with E-state index in [4.69, 9.17) is 23.2 Å². The van der Waals surface area contributed by atoms with Crippen molar-refractivity contribution in [3.05, 3.63) is 69.1 Å². The zero-order valence-electron chi connectivity index (χ0n) is 15.9. The summed E-state index contributed by atoms with van der Waals surface area (Å²) >= 11 is 13.6. The van der Waals surface area contributed by atoms with E-state index in [0.29, 0.717) is 28.0 Å². The van der Waals surface area contributed by atoms with Crippen molar-refractivity contribution in [2.45, 2.75) is 13.8 Å². The second kappa shape index (κ2) is 9.39. The number of carbonyl (C=O) groups is 2. The highest BCUT2D eigenvalue weighted by Crippen LogP contribution is 2.30. The predicted octanol–water partition coefficient (Wildman–Crippen LogP) is 5.53. The average molecular weight is 448 g/mol. The molecule has 0 aliphatic heterocycles. The number of carbonyl (C=O) groups excluding carboxylic acids is 2. The number of nitrogens with zero attached hydrogens (tertiary/aromatic N) is 2. The Morgan fingerprint density at radius 3 is 2.38 bits per heavy atom. The second-order valence-corrected chi connectivity index (χ2v) is 8.04. The molecule has 0 fully saturated rings. The van der Waals surface area contributed by atoms with Crippen LogP contribution >= 0.6 is 34.5 Å².